The molecular weight excluding hydrogens is 244 g/mol. The summed E-state index contributed by atoms with van der Waals surface area (Å²) in [5, 5.41) is 3.06. The Balaban J connectivity index is 2.26. The maximum absolute atomic E-state index is 11.8. The van der Waals surface area contributed by atoms with Crippen LogP contribution >= 0.6 is 12.6 Å². The smallest absolute Gasteiger partial charge is 0.318 e. The van der Waals surface area contributed by atoms with Gasteiger partial charge in [0.1, 0.15) is 0 Å². The van der Waals surface area contributed by atoms with E-state index in [1.807, 2.05) is 4.90 Å². The monoisotopic (exact) mass is 264 g/mol. The largest absolute Gasteiger partial charge is 0.329 e. The zero-order valence-corrected chi connectivity index (χ0v) is 12.1. The third kappa shape index (κ3) is 2.48. The lowest BCUT2D eigenvalue weighted by Crippen LogP contribution is -2.29. The summed E-state index contributed by atoms with van der Waals surface area (Å²) in [6.45, 7) is 7.77. The van der Waals surface area contributed by atoms with Gasteiger partial charge in [-0.15, -0.1) is 0 Å². The fraction of sp³-hybridized carbons (Fsp3) is 0.500. The normalized spacial score (nSPS) is 19.2. The average Bonchev–Trinajstić information content (AvgIpc) is 2.59. The maximum atomic E-state index is 11.8. The molecule has 1 aromatic carbocycles. The van der Waals surface area contributed by atoms with Crippen molar-refractivity contribution < 1.29 is 4.79 Å². The number of hydrogen-bond acceptors (Lipinski definition) is 2. The van der Waals surface area contributed by atoms with Crippen molar-refractivity contribution in [3.63, 3.8) is 0 Å². The van der Waals surface area contributed by atoms with Crippen LogP contribution in [0.15, 0.2) is 12.1 Å². The first kappa shape index (κ1) is 13.3. The average molecular weight is 264 g/mol. The summed E-state index contributed by atoms with van der Waals surface area (Å²) in [7, 11) is 0. The highest BCUT2D eigenvalue weighted by atomic mass is 32.1. The molecule has 4 heteroatoms. The second-order valence-corrected chi connectivity index (χ2v) is 5.43. The molecule has 0 aromatic heterocycles. The van der Waals surface area contributed by atoms with Gasteiger partial charge in [0.05, 0.1) is 6.04 Å². The van der Waals surface area contributed by atoms with E-state index in [0.29, 0.717) is 12.3 Å². The number of nitrogens with one attached hydrogen (secondary N) is 1. The molecule has 18 heavy (non-hydrogen) atoms. The second-order valence-electron chi connectivity index (χ2n) is 4.98. The van der Waals surface area contributed by atoms with Gasteiger partial charge in [0.15, 0.2) is 0 Å². The van der Waals surface area contributed by atoms with Gasteiger partial charge in [-0.05, 0) is 37.5 Å². The van der Waals surface area contributed by atoms with Crippen molar-refractivity contribution in [2.45, 2.75) is 26.8 Å². The van der Waals surface area contributed by atoms with E-state index < -0.39 is 0 Å². The van der Waals surface area contributed by atoms with Crippen LogP contribution in [0.3, 0.4) is 0 Å². The fourth-order valence-corrected chi connectivity index (χ4v) is 3.05. The molecule has 1 heterocycles. The lowest BCUT2D eigenvalue weighted by molar-refractivity contribution is 0.220. The van der Waals surface area contributed by atoms with E-state index in [1.54, 1.807) is 0 Å². The van der Waals surface area contributed by atoms with Crippen LogP contribution in [-0.4, -0.2) is 29.8 Å². The highest BCUT2D eigenvalue weighted by Gasteiger charge is 2.30. The summed E-state index contributed by atoms with van der Waals surface area (Å²) < 4.78 is 0. The van der Waals surface area contributed by atoms with Crippen molar-refractivity contribution in [3.8, 4) is 0 Å². The highest BCUT2D eigenvalue weighted by Crippen LogP contribution is 2.27. The van der Waals surface area contributed by atoms with Gasteiger partial charge in [-0.2, -0.15) is 12.6 Å². The fourth-order valence-electron chi connectivity index (χ4n) is 2.81. The molecule has 0 saturated carbocycles. The quantitative estimate of drug-likeness (QED) is 0.808. The molecule has 0 aliphatic carbocycles. The zero-order chi connectivity index (χ0) is 13.3. The van der Waals surface area contributed by atoms with E-state index in [4.69, 9.17) is 0 Å². The van der Waals surface area contributed by atoms with Crippen molar-refractivity contribution >= 4 is 18.7 Å². The van der Waals surface area contributed by atoms with Gasteiger partial charge in [0.2, 0.25) is 0 Å². The number of urea groups is 1. The standard InChI is InChI=1S/C14H20N2OS/c1-9-6-10(2)13(11(3)7-9)12-8-16(4-5-18)14(17)15-12/h6-7,12,18H,4-5,8H2,1-3H3,(H,15,17). The Labute approximate surface area is 114 Å². The van der Waals surface area contributed by atoms with E-state index in [-0.39, 0.29) is 12.1 Å². The minimum atomic E-state index is 0.0217. The Morgan fingerprint density at radius 3 is 2.50 bits per heavy atom. The zero-order valence-electron chi connectivity index (χ0n) is 11.2. The van der Waals surface area contributed by atoms with Crippen LogP contribution in [-0.2, 0) is 0 Å². The summed E-state index contributed by atoms with van der Waals surface area (Å²) in [5.41, 5.74) is 5.04. The highest BCUT2D eigenvalue weighted by molar-refractivity contribution is 7.80. The van der Waals surface area contributed by atoms with Crippen LogP contribution in [0.4, 0.5) is 4.79 Å². The van der Waals surface area contributed by atoms with Gasteiger partial charge in [0, 0.05) is 18.8 Å². The summed E-state index contributed by atoms with van der Waals surface area (Å²) in [5.74, 6) is 0.700. The number of amides is 2. The summed E-state index contributed by atoms with van der Waals surface area (Å²) in [4.78, 5) is 13.6. The maximum Gasteiger partial charge on any atom is 0.318 e. The molecular formula is C14H20N2OS. The molecule has 1 N–H and O–H groups in total. The summed E-state index contributed by atoms with van der Waals surface area (Å²) in [6.07, 6.45) is 0. The van der Waals surface area contributed by atoms with E-state index in [0.717, 1.165) is 6.54 Å². The van der Waals surface area contributed by atoms with Gasteiger partial charge in [-0.25, -0.2) is 4.79 Å². The predicted octanol–water partition coefficient (Wildman–Crippen LogP) is 2.61. The first-order valence-electron chi connectivity index (χ1n) is 6.27. The molecule has 1 atom stereocenters. The second kappa shape index (κ2) is 5.22. The molecule has 98 valence electrons. The number of aryl methyl sites for hydroxylation is 3. The molecule has 2 rings (SSSR count). The van der Waals surface area contributed by atoms with Gasteiger partial charge in [0.25, 0.3) is 0 Å². The molecule has 3 nitrogen and oxygen atoms in total. The molecule has 1 saturated heterocycles. The lowest BCUT2D eigenvalue weighted by atomic mass is 9.94. The first-order chi connectivity index (χ1) is 8.52. The molecule has 2 amide bonds. The Hall–Kier alpha value is -1.16. The van der Waals surface area contributed by atoms with Crippen molar-refractivity contribution in [2.75, 3.05) is 18.8 Å². The van der Waals surface area contributed by atoms with Crippen LogP contribution in [0, 0.1) is 20.8 Å². The van der Waals surface area contributed by atoms with E-state index in [9.17, 15) is 4.79 Å². The summed E-state index contributed by atoms with van der Waals surface area (Å²) in [6, 6.07) is 4.48. The number of rotatable bonds is 3. The van der Waals surface area contributed by atoms with Gasteiger partial charge >= 0.3 is 6.03 Å². The SMILES string of the molecule is Cc1cc(C)c(C2CN(CCS)C(=O)N2)c(C)c1. The molecule has 1 aliphatic heterocycles. The summed E-state index contributed by atoms with van der Waals surface area (Å²) >= 11 is 4.19. The minimum absolute atomic E-state index is 0.0217. The number of benzene rings is 1. The van der Waals surface area contributed by atoms with Crippen molar-refractivity contribution in [1.82, 2.24) is 10.2 Å². The molecule has 0 spiro atoms. The van der Waals surface area contributed by atoms with Crippen LogP contribution in [0.2, 0.25) is 0 Å². The van der Waals surface area contributed by atoms with Crippen molar-refractivity contribution in [2.24, 2.45) is 0 Å². The van der Waals surface area contributed by atoms with Crippen LogP contribution in [0.25, 0.3) is 0 Å². The van der Waals surface area contributed by atoms with Gasteiger partial charge < -0.3 is 10.2 Å². The number of carbonyl (C=O) groups is 1. The number of carbonyl (C=O) groups excluding carboxylic acids is 1. The lowest BCUT2D eigenvalue weighted by Gasteiger charge is -2.17. The van der Waals surface area contributed by atoms with E-state index in [1.165, 1.54) is 22.3 Å². The van der Waals surface area contributed by atoms with E-state index in [2.05, 4.69) is 50.8 Å². The number of hydrogen-bond donors (Lipinski definition) is 2. The number of nitrogens with zero attached hydrogens (tertiary/aromatic N) is 1. The number of thiol groups is 1. The Morgan fingerprint density at radius 2 is 1.94 bits per heavy atom. The van der Waals surface area contributed by atoms with Crippen molar-refractivity contribution in [1.29, 1.82) is 0 Å². The third-order valence-electron chi connectivity index (χ3n) is 3.44. The van der Waals surface area contributed by atoms with Crippen LogP contribution < -0.4 is 5.32 Å². The predicted molar refractivity (Wildman–Crippen MR) is 77.4 cm³/mol. The van der Waals surface area contributed by atoms with Crippen LogP contribution in [0.5, 0.6) is 0 Å². The molecule has 0 bridgehead atoms. The first-order valence-corrected chi connectivity index (χ1v) is 6.90. The van der Waals surface area contributed by atoms with Gasteiger partial charge in [-0.3, -0.25) is 0 Å². The Kier molecular flexibility index (Phi) is 3.85. The third-order valence-corrected chi connectivity index (χ3v) is 3.64. The Morgan fingerprint density at radius 1 is 1.33 bits per heavy atom. The molecule has 1 unspecified atom stereocenters. The van der Waals surface area contributed by atoms with E-state index >= 15 is 0 Å². The van der Waals surface area contributed by atoms with Crippen molar-refractivity contribution in [3.05, 3.63) is 34.4 Å². The topological polar surface area (TPSA) is 32.3 Å². The molecule has 1 aromatic rings. The molecule has 1 aliphatic rings. The Bertz CT molecular complexity index is 450. The molecule has 1 fully saturated rings. The minimum Gasteiger partial charge on any atom is -0.329 e. The van der Waals surface area contributed by atoms with Crippen LogP contribution in [0.1, 0.15) is 28.3 Å². The molecule has 0 radical (unpaired) electrons. The van der Waals surface area contributed by atoms with Gasteiger partial charge in [-0.1, -0.05) is 17.7 Å².